The van der Waals surface area contributed by atoms with Gasteiger partial charge in [-0.15, -0.1) is 13.2 Å². The van der Waals surface area contributed by atoms with Crippen molar-refractivity contribution < 1.29 is 22.7 Å². The van der Waals surface area contributed by atoms with E-state index < -0.39 is 17.8 Å². The molecule has 25 heavy (non-hydrogen) atoms. The molecular formula is C17H16F3N3O2. The van der Waals surface area contributed by atoms with Crippen LogP contribution >= 0.6 is 0 Å². The van der Waals surface area contributed by atoms with Gasteiger partial charge in [0.25, 0.3) is 0 Å². The Hall–Kier alpha value is -2.82. The molecule has 0 spiro atoms. The number of carbonyl (C=O) groups excluding carboxylic acids is 1. The van der Waals surface area contributed by atoms with Crippen molar-refractivity contribution in [1.82, 2.24) is 5.32 Å². The zero-order chi connectivity index (χ0) is 18.7. The van der Waals surface area contributed by atoms with E-state index in [1.54, 1.807) is 26.0 Å². The number of hydrogen-bond acceptors (Lipinski definition) is 4. The van der Waals surface area contributed by atoms with Gasteiger partial charge in [-0.05, 0) is 37.6 Å². The van der Waals surface area contributed by atoms with E-state index in [9.17, 15) is 18.0 Å². The molecule has 1 N–H and O–H groups in total. The van der Waals surface area contributed by atoms with E-state index in [1.807, 2.05) is 0 Å². The highest BCUT2D eigenvalue weighted by atomic mass is 19.4. The highest BCUT2D eigenvalue weighted by Gasteiger charge is 2.32. The third-order valence-electron chi connectivity index (χ3n) is 3.77. The first-order valence-electron chi connectivity index (χ1n) is 7.44. The molecule has 0 bridgehead atoms. The molecule has 1 aliphatic heterocycles. The normalized spacial score (nSPS) is 20.6. The Morgan fingerprint density at radius 3 is 2.84 bits per heavy atom. The number of amides is 1. The van der Waals surface area contributed by atoms with Gasteiger partial charge in [0.05, 0.1) is 23.9 Å². The maximum Gasteiger partial charge on any atom is 0.573 e. The molecule has 1 aromatic rings. The fraction of sp³-hybridized carbons (Fsp3) is 0.353. The second kappa shape index (κ2) is 6.97. The van der Waals surface area contributed by atoms with Crippen LogP contribution < -0.4 is 10.1 Å². The molecule has 2 unspecified atom stereocenters. The summed E-state index contributed by atoms with van der Waals surface area (Å²) in [6.07, 6.45) is -1.58. The number of rotatable bonds is 4. The molecule has 1 heterocycles. The van der Waals surface area contributed by atoms with E-state index in [1.165, 1.54) is 12.1 Å². The predicted octanol–water partition coefficient (Wildman–Crippen LogP) is 3.13. The highest BCUT2D eigenvalue weighted by Crippen LogP contribution is 2.27. The minimum Gasteiger partial charge on any atom is -0.406 e. The molecule has 0 radical (unpaired) electrons. The lowest BCUT2D eigenvalue weighted by Crippen LogP contribution is -2.32. The van der Waals surface area contributed by atoms with Crippen LogP contribution in [-0.4, -0.2) is 23.6 Å². The van der Waals surface area contributed by atoms with Crippen molar-refractivity contribution in [2.45, 2.75) is 32.2 Å². The van der Waals surface area contributed by atoms with Crippen molar-refractivity contribution in [2.24, 2.45) is 10.9 Å². The first kappa shape index (κ1) is 18.5. The van der Waals surface area contributed by atoms with Gasteiger partial charge in [-0.25, -0.2) is 0 Å². The quantitative estimate of drug-likeness (QED) is 0.906. The van der Waals surface area contributed by atoms with Gasteiger partial charge in [0.1, 0.15) is 11.6 Å². The molecule has 5 nitrogen and oxygen atoms in total. The summed E-state index contributed by atoms with van der Waals surface area (Å²) in [4.78, 5) is 16.4. The van der Waals surface area contributed by atoms with Gasteiger partial charge in [-0.3, -0.25) is 9.79 Å². The average Bonchev–Trinajstić information content (AvgIpc) is 2.87. The first-order chi connectivity index (χ1) is 11.6. The molecule has 2 rings (SSSR count). The van der Waals surface area contributed by atoms with Crippen molar-refractivity contribution in [3.63, 3.8) is 0 Å². The van der Waals surface area contributed by atoms with Gasteiger partial charge in [-0.2, -0.15) is 5.26 Å². The smallest absolute Gasteiger partial charge is 0.406 e. The van der Waals surface area contributed by atoms with E-state index in [4.69, 9.17) is 5.26 Å². The monoisotopic (exact) mass is 351 g/mol. The van der Waals surface area contributed by atoms with Gasteiger partial charge in [-0.1, -0.05) is 18.2 Å². The summed E-state index contributed by atoms with van der Waals surface area (Å²) in [6.45, 7) is 3.50. The third-order valence-corrected chi connectivity index (χ3v) is 3.77. The Morgan fingerprint density at radius 1 is 1.48 bits per heavy atom. The number of benzene rings is 1. The van der Waals surface area contributed by atoms with Gasteiger partial charge in [0, 0.05) is 0 Å². The molecule has 0 fully saturated rings. The maximum absolute atomic E-state index is 12.2. The van der Waals surface area contributed by atoms with E-state index >= 15 is 0 Å². The first-order valence-corrected chi connectivity index (χ1v) is 7.44. The second-order valence-corrected chi connectivity index (χ2v) is 5.83. The molecule has 2 atom stereocenters. The number of alkyl halides is 3. The number of carbonyl (C=O) groups is 1. The summed E-state index contributed by atoms with van der Waals surface area (Å²) in [5, 5.41) is 11.6. The molecule has 8 heteroatoms. The lowest BCUT2D eigenvalue weighted by molar-refractivity contribution is -0.274. The Kier molecular flexibility index (Phi) is 5.16. The number of ether oxygens (including phenoxy) is 1. The highest BCUT2D eigenvalue weighted by molar-refractivity contribution is 6.06. The summed E-state index contributed by atoms with van der Waals surface area (Å²) in [5.41, 5.74) is -0.340. The second-order valence-electron chi connectivity index (χ2n) is 5.83. The molecule has 1 aliphatic rings. The Balaban J connectivity index is 2.00. The number of amidine groups is 1. The third kappa shape index (κ3) is 5.08. The number of hydrogen-bond donors (Lipinski definition) is 1. The average molecular weight is 351 g/mol. The van der Waals surface area contributed by atoms with Gasteiger partial charge in [0.2, 0.25) is 5.91 Å². The standard InChI is InChI=1S/C17H16F3N3O2/c1-11(10-21)16(2)7-6-14(23-16)22-15(24)9-12-4-3-5-13(8-12)25-17(18,19)20/h3-8,11H,9H2,1-2H3,(H,22,23,24). The minimum atomic E-state index is -4.79. The molecule has 0 aromatic heterocycles. The fourth-order valence-electron chi connectivity index (χ4n) is 2.25. The van der Waals surface area contributed by atoms with Crippen LogP contribution in [-0.2, 0) is 11.2 Å². The van der Waals surface area contributed by atoms with E-state index in [0.717, 1.165) is 12.1 Å². The van der Waals surface area contributed by atoms with Crippen molar-refractivity contribution in [3.8, 4) is 11.8 Å². The topological polar surface area (TPSA) is 74.5 Å². The van der Waals surface area contributed by atoms with Crippen molar-refractivity contribution in [1.29, 1.82) is 5.26 Å². The number of nitrogens with one attached hydrogen (secondary N) is 1. The summed E-state index contributed by atoms with van der Waals surface area (Å²) in [7, 11) is 0. The summed E-state index contributed by atoms with van der Waals surface area (Å²) < 4.78 is 40.5. The summed E-state index contributed by atoms with van der Waals surface area (Å²) in [5.74, 6) is -0.862. The maximum atomic E-state index is 12.2. The van der Waals surface area contributed by atoms with Gasteiger partial charge < -0.3 is 10.1 Å². The minimum absolute atomic E-state index is 0.133. The predicted molar refractivity (Wildman–Crippen MR) is 84.7 cm³/mol. The molecule has 1 aromatic carbocycles. The SMILES string of the molecule is CC(C#N)C1(C)C=CC(NC(=O)Cc2cccc(OC(F)(F)F)c2)=N1. The van der Waals surface area contributed by atoms with Crippen LogP contribution in [0.1, 0.15) is 19.4 Å². The van der Waals surface area contributed by atoms with Crippen LogP contribution in [0.25, 0.3) is 0 Å². The summed E-state index contributed by atoms with van der Waals surface area (Å²) >= 11 is 0. The number of nitrogens with zero attached hydrogens (tertiary/aromatic N) is 2. The number of nitriles is 1. The van der Waals surface area contributed by atoms with Crippen molar-refractivity contribution in [2.75, 3.05) is 0 Å². The van der Waals surface area contributed by atoms with Crippen LogP contribution in [0.15, 0.2) is 41.4 Å². The van der Waals surface area contributed by atoms with Crippen LogP contribution in [0, 0.1) is 17.2 Å². The van der Waals surface area contributed by atoms with E-state index in [0.29, 0.717) is 11.4 Å². The van der Waals surface area contributed by atoms with Gasteiger partial charge in [0.15, 0.2) is 0 Å². The molecular weight excluding hydrogens is 335 g/mol. The lowest BCUT2D eigenvalue weighted by Gasteiger charge is -2.20. The molecule has 1 amide bonds. The van der Waals surface area contributed by atoms with Crippen LogP contribution in [0.4, 0.5) is 13.2 Å². The molecule has 0 saturated heterocycles. The largest absolute Gasteiger partial charge is 0.573 e. The Bertz CT molecular complexity index is 765. The summed E-state index contributed by atoms with van der Waals surface area (Å²) in [6, 6.07) is 7.33. The Morgan fingerprint density at radius 2 is 2.20 bits per heavy atom. The van der Waals surface area contributed by atoms with E-state index in [2.05, 4.69) is 21.1 Å². The van der Waals surface area contributed by atoms with Crippen LogP contribution in [0.2, 0.25) is 0 Å². The zero-order valence-corrected chi connectivity index (χ0v) is 13.6. The van der Waals surface area contributed by atoms with E-state index in [-0.39, 0.29) is 18.1 Å². The number of halogens is 3. The fourth-order valence-corrected chi connectivity index (χ4v) is 2.25. The van der Waals surface area contributed by atoms with Crippen LogP contribution in [0.3, 0.4) is 0 Å². The van der Waals surface area contributed by atoms with Gasteiger partial charge >= 0.3 is 6.36 Å². The number of aliphatic imine (C=N–C) groups is 1. The molecule has 0 aliphatic carbocycles. The zero-order valence-electron chi connectivity index (χ0n) is 13.6. The lowest BCUT2D eigenvalue weighted by atomic mass is 9.90. The molecule has 132 valence electrons. The Labute approximate surface area is 142 Å². The molecule has 0 saturated carbocycles. The van der Waals surface area contributed by atoms with Crippen molar-refractivity contribution in [3.05, 3.63) is 42.0 Å². The van der Waals surface area contributed by atoms with Crippen molar-refractivity contribution >= 4 is 11.7 Å². The van der Waals surface area contributed by atoms with Crippen LogP contribution in [0.5, 0.6) is 5.75 Å².